The second-order valence-electron chi connectivity index (χ2n) is 3.22. The van der Waals surface area contributed by atoms with Gasteiger partial charge >= 0.3 is 5.51 Å². The predicted molar refractivity (Wildman–Crippen MR) is 55.6 cm³/mol. The Hall–Kier alpha value is -0.980. The molecule has 0 N–H and O–H groups in total. The molecule has 90 valence electrons. The van der Waals surface area contributed by atoms with Gasteiger partial charge < -0.3 is 0 Å². The van der Waals surface area contributed by atoms with Crippen molar-refractivity contribution >= 4 is 18.0 Å². The third kappa shape index (κ3) is 3.26. The van der Waals surface area contributed by atoms with Gasteiger partial charge in [-0.1, -0.05) is 0 Å². The van der Waals surface area contributed by atoms with Crippen molar-refractivity contribution in [1.29, 1.82) is 0 Å². The molecule has 0 bridgehead atoms. The van der Waals surface area contributed by atoms with Crippen molar-refractivity contribution < 1.29 is 18.0 Å². The van der Waals surface area contributed by atoms with Crippen LogP contribution in [0.1, 0.15) is 21.7 Å². The Kier molecular flexibility index (Phi) is 4.01. The normalized spacial score (nSPS) is 11.8. The summed E-state index contributed by atoms with van der Waals surface area (Å²) in [5, 5.41) is 4.01. The average Bonchev–Trinajstić information content (AvgIpc) is 2.40. The lowest BCUT2D eigenvalue weighted by Gasteiger charge is -2.06. The van der Waals surface area contributed by atoms with Crippen molar-refractivity contribution in [1.82, 2.24) is 9.78 Å². The van der Waals surface area contributed by atoms with Gasteiger partial charge in [0.25, 0.3) is 0 Å². The monoisotopic (exact) mass is 252 g/mol. The number of aldehydes is 1. The van der Waals surface area contributed by atoms with E-state index in [1.807, 2.05) is 0 Å². The number of aryl methyl sites for hydroxylation is 2. The van der Waals surface area contributed by atoms with E-state index in [4.69, 9.17) is 0 Å². The van der Waals surface area contributed by atoms with E-state index in [0.29, 0.717) is 23.2 Å². The van der Waals surface area contributed by atoms with Crippen LogP contribution >= 0.6 is 11.8 Å². The van der Waals surface area contributed by atoms with Crippen LogP contribution in [0.2, 0.25) is 0 Å². The number of aromatic nitrogens is 2. The highest BCUT2D eigenvalue weighted by Crippen LogP contribution is 2.30. The maximum absolute atomic E-state index is 11.9. The van der Waals surface area contributed by atoms with Crippen molar-refractivity contribution in [2.24, 2.45) is 0 Å². The van der Waals surface area contributed by atoms with Gasteiger partial charge in [0.05, 0.1) is 17.8 Å². The SMILES string of the molecule is Cc1nn(CCSC(F)(F)F)c(C)c1C=O. The summed E-state index contributed by atoms with van der Waals surface area (Å²) in [5.41, 5.74) is -2.61. The number of thioether (sulfide) groups is 1. The van der Waals surface area contributed by atoms with Crippen molar-refractivity contribution in [2.45, 2.75) is 25.9 Å². The third-order valence-electron chi connectivity index (χ3n) is 2.12. The number of hydrogen-bond donors (Lipinski definition) is 0. The van der Waals surface area contributed by atoms with Crippen LogP contribution in [0, 0.1) is 13.8 Å². The van der Waals surface area contributed by atoms with Crippen LogP contribution < -0.4 is 0 Å². The summed E-state index contributed by atoms with van der Waals surface area (Å²) >= 11 is -0.0893. The Morgan fingerprint density at radius 1 is 1.44 bits per heavy atom. The minimum atomic E-state index is -4.22. The minimum absolute atomic E-state index is 0.0893. The first-order chi connectivity index (χ1) is 7.35. The quantitative estimate of drug-likeness (QED) is 0.772. The van der Waals surface area contributed by atoms with E-state index in [-0.39, 0.29) is 24.1 Å². The zero-order chi connectivity index (χ0) is 12.3. The zero-order valence-corrected chi connectivity index (χ0v) is 9.65. The summed E-state index contributed by atoms with van der Waals surface area (Å²) < 4.78 is 37.1. The molecule has 0 aliphatic rings. The molecule has 1 heterocycles. The van der Waals surface area contributed by atoms with E-state index >= 15 is 0 Å². The maximum atomic E-state index is 11.9. The highest BCUT2D eigenvalue weighted by molar-refractivity contribution is 8.00. The highest BCUT2D eigenvalue weighted by atomic mass is 32.2. The van der Waals surface area contributed by atoms with Crippen LogP contribution in [0.25, 0.3) is 0 Å². The molecular weight excluding hydrogens is 241 g/mol. The summed E-state index contributed by atoms with van der Waals surface area (Å²) in [4.78, 5) is 10.7. The zero-order valence-electron chi connectivity index (χ0n) is 8.84. The molecule has 0 atom stereocenters. The molecule has 0 unspecified atom stereocenters. The number of nitrogens with zero attached hydrogens (tertiary/aromatic N) is 2. The fourth-order valence-corrected chi connectivity index (χ4v) is 1.84. The third-order valence-corrected chi connectivity index (χ3v) is 2.84. The Balaban J connectivity index is 2.65. The molecule has 0 aliphatic heterocycles. The Bertz CT molecular complexity index is 387. The molecule has 0 fully saturated rings. The average molecular weight is 252 g/mol. The Labute approximate surface area is 95.0 Å². The molecule has 7 heteroatoms. The Morgan fingerprint density at radius 3 is 2.50 bits per heavy atom. The van der Waals surface area contributed by atoms with E-state index in [1.165, 1.54) is 4.68 Å². The minimum Gasteiger partial charge on any atom is -0.298 e. The lowest BCUT2D eigenvalue weighted by atomic mass is 10.2. The fraction of sp³-hybridized carbons (Fsp3) is 0.556. The van der Waals surface area contributed by atoms with Gasteiger partial charge in [0.15, 0.2) is 6.29 Å². The van der Waals surface area contributed by atoms with Crippen molar-refractivity contribution in [3.63, 3.8) is 0 Å². The molecule has 1 aromatic heterocycles. The van der Waals surface area contributed by atoms with Gasteiger partial charge in [-0.3, -0.25) is 9.48 Å². The molecule has 0 radical (unpaired) electrons. The molecular formula is C9H11F3N2OS. The summed E-state index contributed by atoms with van der Waals surface area (Å²) in [6.07, 6.45) is 0.672. The molecule has 1 aromatic rings. The highest BCUT2D eigenvalue weighted by Gasteiger charge is 2.27. The van der Waals surface area contributed by atoms with Crippen LogP contribution in [0.15, 0.2) is 0 Å². The van der Waals surface area contributed by atoms with Gasteiger partial charge in [0, 0.05) is 11.4 Å². The van der Waals surface area contributed by atoms with Crippen LogP contribution in [-0.4, -0.2) is 27.3 Å². The van der Waals surface area contributed by atoms with Crippen LogP contribution in [0.4, 0.5) is 13.2 Å². The van der Waals surface area contributed by atoms with E-state index in [1.54, 1.807) is 13.8 Å². The fourth-order valence-electron chi connectivity index (χ4n) is 1.35. The maximum Gasteiger partial charge on any atom is 0.441 e. The first-order valence-electron chi connectivity index (χ1n) is 4.55. The molecule has 3 nitrogen and oxygen atoms in total. The summed E-state index contributed by atoms with van der Waals surface area (Å²) in [7, 11) is 0. The van der Waals surface area contributed by atoms with Crippen molar-refractivity contribution in [3.05, 3.63) is 17.0 Å². The molecule has 0 aromatic carbocycles. The van der Waals surface area contributed by atoms with Crippen LogP contribution in [0.5, 0.6) is 0 Å². The summed E-state index contributed by atoms with van der Waals surface area (Å²) in [6, 6.07) is 0. The second-order valence-corrected chi connectivity index (χ2v) is 4.38. The first kappa shape index (κ1) is 13.1. The van der Waals surface area contributed by atoms with Gasteiger partial charge in [-0.25, -0.2) is 0 Å². The van der Waals surface area contributed by atoms with E-state index in [9.17, 15) is 18.0 Å². The first-order valence-corrected chi connectivity index (χ1v) is 5.53. The smallest absolute Gasteiger partial charge is 0.298 e. The molecule has 0 amide bonds. The molecule has 0 spiro atoms. The Morgan fingerprint density at radius 2 is 2.06 bits per heavy atom. The lowest BCUT2D eigenvalue weighted by molar-refractivity contribution is -0.0328. The van der Waals surface area contributed by atoms with Crippen molar-refractivity contribution in [2.75, 3.05) is 5.75 Å². The van der Waals surface area contributed by atoms with E-state index < -0.39 is 5.51 Å². The van der Waals surface area contributed by atoms with Gasteiger partial charge in [0.2, 0.25) is 0 Å². The van der Waals surface area contributed by atoms with Gasteiger partial charge in [0.1, 0.15) is 0 Å². The number of rotatable bonds is 4. The summed E-state index contributed by atoms with van der Waals surface area (Å²) in [6.45, 7) is 3.47. The number of carbonyl (C=O) groups is 1. The molecule has 16 heavy (non-hydrogen) atoms. The number of carbonyl (C=O) groups excluding carboxylic acids is 1. The van der Waals surface area contributed by atoms with Gasteiger partial charge in [-0.2, -0.15) is 18.3 Å². The van der Waals surface area contributed by atoms with Crippen LogP contribution in [0.3, 0.4) is 0 Å². The summed E-state index contributed by atoms with van der Waals surface area (Å²) in [5.74, 6) is -0.107. The van der Waals surface area contributed by atoms with Crippen LogP contribution in [-0.2, 0) is 6.54 Å². The van der Waals surface area contributed by atoms with Gasteiger partial charge in [-0.05, 0) is 25.6 Å². The molecule has 0 saturated heterocycles. The number of alkyl halides is 3. The number of hydrogen-bond acceptors (Lipinski definition) is 3. The molecule has 0 aliphatic carbocycles. The molecule has 1 rings (SSSR count). The van der Waals surface area contributed by atoms with E-state index in [2.05, 4.69) is 5.10 Å². The molecule has 0 saturated carbocycles. The standard InChI is InChI=1S/C9H11F3N2OS/c1-6-8(5-15)7(2)14(13-6)3-4-16-9(10,11)12/h5H,3-4H2,1-2H3. The second kappa shape index (κ2) is 4.90. The predicted octanol–water partition coefficient (Wildman–Crippen LogP) is 2.57. The topological polar surface area (TPSA) is 34.9 Å². The number of halogens is 3. The van der Waals surface area contributed by atoms with Crippen molar-refractivity contribution in [3.8, 4) is 0 Å². The van der Waals surface area contributed by atoms with E-state index in [0.717, 1.165) is 0 Å². The largest absolute Gasteiger partial charge is 0.441 e. The van der Waals surface area contributed by atoms with Gasteiger partial charge in [-0.15, -0.1) is 0 Å². The lowest BCUT2D eigenvalue weighted by Crippen LogP contribution is -2.09.